The molecule has 0 saturated heterocycles. The molecule has 4 nitrogen and oxygen atoms in total. The van der Waals surface area contributed by atoms with Crippen LogP contribution in [0, 0.1) is 5.92 Å². The largest absolute Gasteiger partial charge is 0.459 e. The Hall–Kier alpha value is -8.08. The maximum atomic E-state index is 7.51. The third kappa shape index (κ3) is 5.31. The molecule has 1 spiro atoms. The average Bonchev–Trinajstić information content (AvgIpc) is 4.07. The van der Waals surface area contributed by atoms with Gasteiger partial charge in [0.25, 0.3) is 0 Å². The first-order valence-electron chi connectivity index (χ1n) is 24.0. The van der Waals surface area contributed by atoms with Gasteiger partial charge in [-0.1, -0.05) is 172 Å². The molecular formula is C64H48N2O2. The second-order valence-corrected chi connectivity index (χ2v) is 19.4. The SMILES string of the molecule is CC1(C)c2ccccc2C2(c3ccccc31)c1cc(N(c3ccccc3)c3ccccc3)c3c(oc4ccccc43)c1C1c3c(oc4ccccc34)C(N(c3ccccc3)c3ccccc3)CC12. The number of hydrogen-bond acceptors (Lipinski definition) is 4. The highest BCUT2D eigenvalue weighted by atomic mass is 16.3. The summed E-state index contributed by atoms with van der Waals surface area (Å²) >= 11 is 0. The Kier molecular flexibility index (Phi) is 8.46. The molecule has 0 amide bonds. The molecule has 0 bridgehead atoms. The van der Waals surface area contributed by atoms with E-state index in [2.05, 4.69) is 248 Å². The molecule has 11 aromatic rings. The van der Waals surface area contributed by atoms with E-state index in [-0.39, 0.29) is 23.3 Å². The van der Waals surface area contributed by atoms with Gasteiger partial charge < -0.3 is 18.6 Å². The van der Waals surface area contributed by atoms with Gasteiger partial charge in [0.2, 0.25) is 0 Å². The van der Waals surface area contributed by atoms with Crippen LogP contribution in [0.3, 0.4) is 0 Å². The Labute approximate surface area is 396 Å². The van der Waals surface area contributed by atoms with Crippen molar-refractivity contribution in [1.29, 1.82) is 0 Å². The number of anilines is 5. The molecule has 0 saturated carbocycles. The Balaban J connectivity index is 1.18. The molecule has 3 aliphatic carbocycles. The minimum atomic E-state index is -0.614. The second kappa shape index (κ2) is 14.7. The molecule has 3 aliphatic rings. The number of fused-ring (bicyclic) bond motifs is 17. The van der Waals surface area contributed by atoms with Crippen LogP contribution < -0.4 is 9.80 Å². The second-order valence-electron chi connectivity index (χ2n) is 19.4. The number of nitrogens with zero attached hydrogens (tertiary/aromatic N) is 2. The van der Waals surface area contributed by atoms with Gasteiger partial charge in [0.05, 0.1) is 22.5 Å². The molecule has 0 radical (unpaired) electrons. The Morgan fingerprint density at radius 3 is 1.46 bits per heavy atom. The van der Waals surface area contributed by atoms with E-state index in [9.17, 15) is 0 Å². The molecule has 0 fully saturated rings. The van der Waals surface area contributed by atoms with Gasteiger partial charge in [-0.05, 0) is 107 Å². The van der Waals surface area contributed by atoms with Gasteiger partial charge in [0.1, 0.15) is 22.5 Å². The first-order valence-corrected chi connectivity index (χ1v) is 24.0. The third-order valence-corrected chi connectivity index (χ3v) is 15.8. The predicted molar refractivity (Wildman–Crippen MR) is 277 cm³/mol. The van der Waals surface area contributed by atoms with E-state index < -0.39 is 5.41 Å². The number of benzene rings is 9. The van der Waals surface area contributed by atoms with Crippen LogP contribution >= 0.6 is 0 Å². The van der Waals surface area contributed by atoms with Crippen molar-refractivity contribution in [3.8, 4) is 0 Å². The van der Waals surface area contributed by atoms with E-state index in [1.165, 1.54) is 38.9 Å². The number of hydrogen-bond donors (Lipinski definition) is 0. The summed E-state index contributed by atoms with van der Waals surface area (Å²) in [6.07, 6.45) is 0.803. The zero-order valence-electron chi connectivity index (χ0n) is 38.0. The molecular weight excluding hydrogens is 829 g/mol. The topological polar surface area (TPSA) is 32.8 Å². The summed E-state index contributed by atoms with van der Waals surface area (Å²) in [6.45, 7) is 4.84. The maximum Gasteiger partial charge on any atom is 0.141 e. The van der Waals surface area contributed by atoms with E-state index in [1.54, 1.807) is 0 Å². The molecule has 2 heterocycles. The minimum Gasteiger partial charge on any atom is -0.459 e. The van der Waals surface area contributed by atoms with Crippen molar-refractivity contribution in [1.82, 2.24) is 0 Å². The molecule has 3 atom stereocenters. The highest BCUT2D eigenvalue weighted by Gasteiger charge is 2.63. The molecule has 0 N–H and O–H groups in total. The zero-order chi connectivity index (χ0) is 45.1. The van der Waals surface area contributed by atoms with Crippen LogP contribution in [0.15, 0.2) is 233 Å². The van der Waals surface area contributed by atoms with Crippen molar-refractivity contribution in [2.24, 2.45) is 5.92 Å². The standard InChI is InChI=1S/C64H48N2O2/c1-63(2)47-33-17-19-35-49(47)64(50-36-20-18-34-48(50)63)51-40-54(66(43-27-11-5-12-28-43)44-29-13-6-14-30-44)61-58(46-32-16-22-38-56(46)67-61)59(51)60-52(64)39-53(57-45-31-15-21-37-55(45)68-62(57)60)65(41-23-7-3-8-24-41)42-25-9-4-10-26-42/h3-39,51,54,59H,40H2,1-2H3. The van der Waals surface area contributed by atoms with Crippen LogP contribution in [0.1, 0.15) is 76.9 Å². The van der Waals surface area contributed by atoms with E-state index >= 15 is 0 Å². The van der Waals surface area contributed by atoms with Crippen LogP contribution in [-0.4, -0.2) is 0 Å². The summed E-state index contributed by atoms with van der Waals surface area (Å²) in [5, 5.41) is 3.38. The highest BCUT2D eigenvalue weighted by molar-refractivity contribution is 6.15. The summed E-state index contributed by atoms with van der Waals surface area (Å²) in [4.78, 5) is 5.01. The van der Waals surface area contributed by atoms with E-state index in [0.29, 0.717) is 0 Å². The van der Waals surface area contributed by atoms with Crippen LogP contribution in [0.2, 0.25) is 0 Å². The number of para-hydroxylation sites is 6. The van der Waals surface area contributed by atoms with Crippen LogP contribution in [0.5, 0.6) is 0 Å². The van der Waals surface area contributed by atoms with Crippen molar-refractivity contribution in [2.45, 2.75) is 43.1 Å². The normalized spacial score (nSPS) is 18.2. The van der Waals surface area contributed by atoms with Crippen LogP contribution in [-0.2, 0) is 10.8 Å². The Bertz CT molecular complexity index is 3590. The molecule has 0 aliphatic heterocycles. The van der Waals surface area contributed by atoms with Gasteiger partial charge in [-0.3, -0.25) is 0 Å². The van der Waals surface area contributed by atoms with Gasteiger partial charge in [0, 0.05) is 56.0 Å². The van der Waals surface area contributed by atoms with Crippen molar-refractivity contribution in [3.05, 3.63) is 269 Å². The summed E-state index contributed by atoms with van der Waals surface area (Å²) < 4.78 is 14.9. The Morgan fingerprint density at radius 1 is 0.441 bits per heavy atom. The van der Waals surface area contributed by atoms with E-state index in [1.807, 2.05) is 0 Å². The molecule has 9 aromatic carbocycles. The van der Waals surface area contributed by atoms with Gasteiger partial charge in [-0.2, -0.15) is 0 Å². The van der Waals surface area contributed by atoms with Crippen LogP contribution in [0.4, 0.5) is 28.4 Å². The summed E-state index contributed by atoms with van der Waals surface area (Å²) in [6, 6.07) is 82.1. The fourth-order valence-corrected chi connectivity index (χ4v) is 13.2. The van der Waals surface area contributed by atoms with Gasteiger partial charge >= 0.3 is 0 Å². The molecule has 3 unspecified atom stereocenters. The zero-order valence-corrected chi connectivity index (χ0v) is 38.0. The first-order chi connectivity index (χ1) is 33.5. The maximum absolute atomic E-state index is 7.51. The monoisotopic (exact) mass is 876 g/mol. The molecule has 326 valence electrons. The molecule has 68 heavy (non-hydrogen) atoms. The van der Waals surface area contributed by atoms with Crippen molar-refractivity contribution < 1.29 is 8.83 Å². The fraction of sp³-hybridized carbons (Fsp3) is 0.125. The predicted octanol–water partition coefficient (Wildman–Crippen LogP) is 16.8. The van der Waals surface area contributed by atoms with Crippen LogP contribution in [0.25, 0.3) is 32.9 Å². The van der Waals surface area contributed by atoms with Gasteiger partial charge in [-0.25, -0.2) is 0 Å². The first kappa shape index (κ1) is 39.1. The Morgan fingerprint density at radius 2 is 0.897 bits per heavy atom. The highest BCUT2D eigenvalue weighted by Crippen LogP contribution is 2.71. The summed E-state index contributed by atoms with van der Waals surface area (Å²) in [5.41, 5.74) is 16.7. The lowest BCUT2D eigenvalue weighted by atomic mass is 9.52. The summed E-state index contributed by atoms with van der Waals surface area (Å²) in [5.74, 6) is 0.955. The molecule has 4 heteroatoms. The summed E-state index contributed by atoms with van der Waals surface area (Å²) in [7, 11) is 0. The lowest BCUT2D eigenvalue weighted by Crippen LogP contribution is -2.46. The number of furan rings is 2. The number of rotatable bonds is 6. The molecule has 14 rings (SSSR count). The third-order valence-electron chi connectivity index (χ3n) is 15.8. The van der Waals surface area contributed by atoms with Gasteiger partial charge in [-0.15, -0.1) is 0 Å². The van der Waals surface area contributed by atoms with Crippen molar-refractivity contribution in [3.63, 3.8) is 0 Å². The van der Waals surface area contributed by atoms with Crippen molar-refractivity contribution >= 4 is 61.3 Å². The average molecular weight is 877 g/mol. The minimum absolute atomic E-state index is 0.0258. The lowest BCUT2D eigenvalue weighted by molar-refractivity contribution is 0.273. The quantitative estimate of drug-likeness (QED) is 0.167. The lowest BCUT2D eigenvalue weighted by Gasteiger charge is -2.51. The van der Waals surface area contributed by atoms with E-state index in [4.69, 9.17) is 8.83 Å². The van der Waals surface area contributed by atoms with Gasteiger partial charge in [0.15, 0.2) is 0 Å². The van der Waals surface area contributed by atoms with E-state index in [0.717, 1.165) is 73.5 Å². The fourth-order valence-electron chi connectivity index (χ4n) is 13.2. The smallest absolute Gasteiger partial charge is 0.141 e. The molecule has 2 aromatic heterocycles. The van der Waals surface area contributed by atoms with Crippen molar-refractivity contribution in [2.75, 3.05) is 9.80 Å².